The highest BCUT2D eigenvalue weighted by molar-refractivity contribution is 5.85. The number of fused-ring (bicyclic) bond motifs is 1. The first-order chi connectivity index (χ1) is 18.6. The second-order valence-electron chi connectivity index (χ2n) is 9.98. The molecule has 0 bridgehead atoms. The molecule has 1 N–H and O–H groups in total. The quantitative estimate of drug-likeness (QED) is 0.260. The van der Waals surface area contributed by atoms with Gasteiger partial charge in [0.05, 0.1) is 7.11 Å². The highest BCUT2D eigenvalue weighted by atomic mass is 19.1. The number of hydrogen-bond acceptors (Lipinski definition) is 6. The number of aromatic nitrogens is 4. The minimum absolute atomic E-state index is 0.331. The highest BCUT2D eigenvalue weighted by Crippen LogP contribution is 2.36. The van der Waals surface area contributed by atoms with Crippen LogP contribution in [0.5, 0.6) is 5.75 Å². The Morgan fingerprint density at radius 1 is 1.05 bits per heavy atom. The molecule has 5 aromatic rings. The maximum absolute atomic E-state index is 14.2. The van der Waals surface area contributed by atoms with Crippen LogP contribution in [-0.4, -0.2) is 33.4 Å². The predicted molar refractivity (Wildman–Crippen MR) is 145 cm³/mol. The molecular formula is C30H30FN5O2. The van der Waals surface area contributed by atoms with Gasteiger partial charge in [-0.3, -0.25) is 0 Å². The van der Waals surface area contributed by atoms with Gasteiger partial charge in [-0.1, -0.05) is 31.0 Å². The maximum Gasteiger partial charge on any atom is 0.227 e. The summed E-state index contributed by atoms with van der Waals surface area (Å²) in [6.45, 7) is 1.80. The Morgan fingerprint density at radius 3 is 2.68 bits per heavy atom. The number of halogens is 1. The van der Waals surface area contributed by atoms with Crippen LogP contribution in [0.2, 0.25) is 0 Å². The number of nitrogens with one attached hydrogen (secondary N) is 1. The Bertz CT molecular complexity index is 1590. The third-order valence-electron chi connectivity index (χ3n) is 7.33. The van der Waals surface area contributed by atoms with Gasteiger partial charge in [0.1, 0.15) is 17.7 Å². The third-order valence-corrected chi connectivity index (χ3v) is 7.33. The van der Waals surface area contributed by atoms with E-state index in [1.54, 1.807) is 24.1 Å². The van der Waals surface area contributed by atoms with E-state index in [1.165, 1.54) is 37.8 Å². The summed E-state index contributed by atoms with van der Waals surface area (Å²) < 4.78 is 27.8. The molecule has 0 amide bonds. The molecular weight excluding hydrogens is 481 g/mol. The molecule has 0 saturated heterocycles. The van der Waals surface area contributed by atoms with Crippen LogP contribution in [0.3, 0.4) is 0 Å². The van der Waals surface area contributed by atoms with Gasteiger partial charge in [0, 0.05) is 24.7 Å². The maximum atomic E-state index is 14.2. The van der Waals surface area contributed by atoms with Gasteiger partial charge >= 0.3 is 0 Å². The second kappa shape index (κ2) is 10.4. The van der Waals surface area contributed by atoms with Crippen molar-refractivity contribution >= 4 is 11.1 Å². The number of ether oxygens (including phenoxy) is 1. The first-order valence-corrected chi connectivity index (χ1v) is 13.0. The van der Waals surface area contributed by atoms with Crippen molar-refractivity contribution in [1.82, 2.24) is 25.1 Å². The number of aryl methyl sites for hydroxylation is 1. The fourth-order valence-electron chi connectivity index (χ4n) is 5.37. The third kappa shape index (κ3) is 4.79. The molecule has 0 radical (unpaired) electrons. The number of hydrogen-bond donors (Lipinski definition) is 1. The molecule has 0 unspecified atom stereocenters. The van der Waals surface area contributed by atoms with Gasteiger partial charge in [-0.25, -0.2) is 9.37 Å². The summed E-state index contributed by atoms with van der Waals surface area (Å²) in [5.74, 6) is 2.20. The Kier molecular flexibility index (Phi) is 6.64. The first-order valence-electron chi connectivity index (χ1n) is 13.0. The van der Waals surface area contributed by atoms with E-state index in [-0.39, 0.29) is 5.82 Å². The molecule has 2 heterocycles. The molecule has 0 spiro atoms. The number of oxazole rings is 1. The summed E-state index contributed by atoms with van der Waals surface area (Å²) in [6.07, 6.45) is 6.93. The molecule has 0 atom stereocenters. The van der Waals surface area contributed by atoms with Gasteiger partial charge in [0.25, 0.3) is 0 Å². The van der Waals surface area contributed by atoms with Crippen LogP contribution in [0.4, 0.5) is 4.39 Å². The summed E-state index contributed by atoms with van der Waals surface area (Å²) in [7, 11) is 3.49. The molecule has 194 valence electrons. The van der Waals surface area contributed by atoms with Crippen molar-refractivity contribution in [1.29, 1.82) is 0 Å². The van der Waals surface area contributed by atoms with Gasteiger partial charge in [0.15, 0.2) is 17.2 Å². The van der Waals surface area contributed by atoms with Crippen LogP contribution in [-0.2, 0) is 13.6 Å². The van der Waals surface area contributed by atoms with E-state index in [0.717, 1.165) is 46.8 Å². The van der Waals surface area contributed by atoms with Crippen LogP contribution in [0.25, 0.3) is 45.1 Å². The lowest BCUT2D eigenvalue weighted by Gasteiger charge is -2.11. The van der Waals surface area contributed by atoms with Crippen LogP contribution < -0.4 is 10.1 Å². The number of nitrogens with zero attached hydrogens (tertiary/aromatic N) is 4. The number of rotatable bonds is 8. The minimum atomic E-state index is -0.331. The van der Waals surface area contributed by atoms with Crippen molar-refractivity contribution < 1.29 is 13.5 Å². The average Bonchev–Trinajstić information content (AvgIpc) is 3.69. The SMILES string of the molecule is COc1cc(CNCC2CCCC2)cc2nc(-c3cccc(-c4ccc(F)cc4-c4nncn4C)c3)oc12. The topological polar surface area (TPSA) is 78.0 Å². The fraction of sp³-hybridized carbons (Fsp3) is 0.300. The molecule has 1 fully saturated rings. The molecule has 1 saturated carbocycles. The Labute approximate surface area is 220 Å². The zero-order chi connectivity index (χ0) is 26.1. The smallest absolute Gasteiger partial charge is 0.227 e. The Hall–Kier alpha value is -4.04. The van der Waals surface area contributed by atoms with Crippen LogP contribution in [0.1, 0.15) is 31.2 Å². The van der Waals surface area contributed by atoms with E-state index in [9.17, 15) is 4.39 Å². The van der Waals surface area contributed by atoms with Crippen molar-refractivity contribution in [2.75, 3.05) is 13.7 Å². The van der Waals surface area contributed by atoms with E-state index in [4.69, 9.17) is 14.1 Å². The lowest BCUT2D eigenvalue weighted by molar-refractivity contribution is 0.410. The average molecular weight is 512 g/mol. The lowest BCUT2D eigenvalue weighted by atomic mass is 9.97. The number of benzene rings is 3. The van der Waals surface area contributed by atoms with Crippen molar-refractivity contribution in [3.8, 4) is 39.7 Å². The zero-order valence-corrected chi connectivity index (χ0v) is 21.6. The van der Waals surface area contributed by atoms with Crippen LogP contribution in [0, 0.1) is 11.7 Å². The molecule has 6 rings (SSSR count). The molecule has 1 aliphatic carbocycles. The first kappa shape index (κ1) is 24.3. The summed E-state index contributed by atoms with van der Waals surface area (Å²) in [5.41, 5.74) is 5.70. The molecule has 38 heavy (non-hydrogen) atoms. The molecule has 7 nitrogen and oxygen atoms in total. The summed E-state index contributed by atoms with van der Waals surface area (Å²) >= 11 is 0. The second-order valence-corrected chi connectivity index (χ2v) is 9.98. The van der Waals surface area contributed by atoms with Gasteiger partial charge in [-0.2, -0.15) is 0 Å². The normalized spacial score (nSPS) is 14.0. The number of methoxy groups -OCH3 is 1. The molecule has 2 aromatic heterocycles. The zero-order valence-electron chi connectivity index (χ0n) is 21.6. The van der Waals surface area contributed by atoms with Crippen molar-refractivity contribution in [2.45, 2.75) is 32.2 Å². The molecule has 8 heteroatoms. The van der Waals surface area contributed by atoms with E-state index in [2.05, 4.69) is 21.6 Å². The van der Waals surface area contributed by atoms with Crippen LogP contribution >= 0.6 is 0 Å². The van der Waals surface area contributed by atoms with Crippen molar-refractivity contribution in [3.63, 3.8) is 0 Å². The largest absolute Gasteiger partial charge is 0.493 e. The molecule has 1 aliphatic rings. The monoisotopic (exact) mass is 511 g/mol. The van der Waals surface area contributed by atoms with Gasteiger partial charge in [-0.15, -0.1) is 10.2 Å². The summed E-state index contributed by atoms with van der Waals surface area (Å²) in [5, 5.41) is 11.7. The van der Waals surface area contributed by atoms with Crippen LogP contribution in [0.15, 0.2) is 65.3 Å². The van der Waals surface area contributed by atoms with E-state index in [0.29, 0.717) is 28.6 Å². The highest BCUT2D eigenvalue weighted by Gasteiger charge is 2.18. The van der Waals surface area contributed by atoms with Crippen molar-refractivity contribution in [2.24, 2.45) is 13.0 Å². The fourth-order valence-corrected chi connectivity index (χ4v) is 5.37. The summed E-state index contributed by atoms with van der Waals surface area (Å²) in [4.78, 5) is 4.81. The Morgan fingerprint density at radius 2 is 1.89 bits per heavy atom. The van der Waals surface area contributed by atoms with E-state index < -0.39 is 0 Å². The molecule has 3 aromatic carbocycles. The van der Waals surface area contributed by atoms with Gasteiger partial charge in [0.2, 0.25) is 5.89 Å². The minimum Gasteiger partial charge on any atom is -0.493 e. The predicted octanol–water partition coefficient (Wildman–Crippen LogP) is 6.38. The van der Waals surface area contributed by atoms with Gasteiger partial charge < -0.3 is 19.0 Å². The van der Waals surface area contributed by atoms with E-state index >= 15 is 0 Å². The Balaban J connectivity index is 1.32. The van der Waals surface area contributed by atoms with Crippen molar-refractivity contribution in [3.05, 3.63) is 72.3 Å². The van der Waals surface area contributed by atoms with E-state index in [1.807, 2.05) is 37.4 Å². The molecule has 0 aliphatic heterocycles. The van der Waals surface area contributed by atoms with Gasteiger partial charge in [-0.05, 0) is 78.4 Å². The lowest BCUT2D eigenvalue weighted by Crippen LogP contribution is -2.20. The summed E-state index contributed by atoms with van der Waals surface area (Å²) in [6, 6.07) is 16.6. The standard InChI is InChI=1S/C30H30FN5O2/c1-36-18-33-35-29(36)25-15-23(31)10-11-24(25)21-8-5-9-22(14-21)30-34-26-12-20(13-27(37-2)28(26)38-30)17-32-16-19-6-3-4-7-19/h5,8-15,18-19,32H,3-4,6-7,16-17H2,1-2H3.